The van der Waals surface area contributed by atoms with Gasteiger partial charge in [-0.05, 0) is 38.3 Å². The Hall–Kier alpha value is -2.09. The van der Waals surface area contributed by atoms with E-state index in [0.29, 0.717) is 0 Å². The fourth-order valence-electron chi connectivity index (χ4n) is 3.93. The van der Waals surface area contributed by atoms with Gasteiger partial charge in [0.1, 0.15) is 0 Å². The Labute approximate surface area is 139 Å². The van der Waals surface area contributed by atoms with Crippen LogP contribution in [0.25, 0.3) is 17.0 Å². The van der Waals surface area contributed by atoms with Crippen LogP contribution in [0.2, 0.25) is 0 Å². The van der Waals surface area contributed by atoms with Crippen LogP contribution in [0, 0.1) is 0 Å². The number of fused-ring (bicyclic) bond motifs is 3. The molecule has 0 aliphatic heterocycles. The number of allylic oxidation sites excluding steroid dienone is 4. The number of hydrogen-bond acceptors (Lipinski definition) is 1. The van der Waals surface area contributed by atoms with Crippen LogP contribution in [0.15, 0.2) is 48.8 Å². The molecule has 120 valence electrons. The van der Waals surface area contributed by atoms with Gasteiger partial charge in [-0.1, -0.05) is 50.3 Å². The van der Waals surface area contributed by atoms with Gasteiger partial charge >= 0.3 is 0 Å². The molecule has 1 aliphatic carbocycles. The zero-order valence-corrected chi connectivity index (χ0v) is 14.6. The van der Waals surface area contributed by atoms with Crippen molar-refractivity contribution >= 4 is 5.70 Å². The van der Waals surface area contributed by atoms with Gasteiger partial charge in [0, 0.05) is 23.1 Å². The van der Waals surface area contributed by atoms with Crippen molar-refractivity contribution in [2.45, 2.75) is 52.4 Å². The summed E-state index contributed by atoms with van der Waals surface area (Å²) in [6, 6.07) is 8.89. The Bertz CT molecular complexity index is 758. The van der Waals surface area contributed by atoms with E-state index in [1.165, 1.54) is 28.2 Å². The Balaban J connectivity index is 2.26. The summed E-state index contributed by atoms with van der Waals surface area (Å²) in [4.78, 5) is 4.79. The summed E-state index contributed by atoms with van der Waals surface area (Å²) in [5.74, 6) is 0. The topological polar surface area (TPSA) is 17.8 Å². The summed E-state index contributed by atoms with van der Waals surface area (Å²) in [5, 5.41) is 0. The summed E-state index contributed by atoms with van der Waals surface area (Å²) in [6.45, 7) is 8.75. The molecule has 2 aromatic rings. The van der Waals surface area contributed by atoms with Crippen molar-refractivity contribution in [2.75, 3.05) is 0 Å². The molecule has 0 bridgehead atoms. The lowest BCUT2D eigenvalue weighted by Gasteiger charge is -2.37. The van der Waals surface area contributed by atoms with E-state index in [-0.39, 0.29) is 5.41 Å². The number of imidazole rings is 1. The van der Waals surface area contributed by atoms with Crippen molar-refractivity contribution < 1.29 is 0 Å². The summed E-state index contributed by atoms with van der Waals surface area (Å²) in [6.07, 6.45) is 11.7. The predicted molar refractivity (Wildman–Crippen MR) is 98.4 cm³/mol. The lowest BCUT2D eigenvalue weighted by atomic mass is 9.67. The van der Waals surface area contributed by atoms with Gasteiger partial charge in [-0.25, -0.2) is 4.98 Å². The van der Waals surface area contributed by atoms with Crippen LogP contribution in [0.5, 0.6) is 0 Å². The van der Waals surface area contributed by atoms with Gasteiger partial charge in [-0.3, -0.25) is 4.57 Å². The molecule has 2 heteroatoms. The van der Waals surface area contributed by atoms with E-state index in [9.17, 15) is 0 Å². The smallest absolute Gasteiger partial charge is 0.1000 e. The third kappa shape index (κ3) is 2.37. The van der Waals surface area contributed by atoms with Gasteiger partial charge in [0.25, 0.3) is 0 Å². The van der Waals surface area contributed by atoms with Crippen LogP contribution in [-0.4, -0.2) is 9.55 Å². The average Bonchev–Trinajstić information content (AvgIpc) is 3.02. The first-order valence-electron chi connectivity index (χ1n) is 8.66. The van der Waals surface area contributed by atoms with E-state index in [1.54, 1.807) is 0 Å². The van der Waals surface area contributed by atoms with E-state index in [1.807, 2.05) is 6.33 Å². The van der Waals surface area contributed by atoms with E-state index >= 15 is 0 Å². The van der Waals surface area contributed by atoms with Gasteiger partial charge in [0.15, 0.2) is 0 Å². The molecule has 0 unspecified atom stereocenters. The molecule has 1 aliphatic rings. The maximum Gasteiger partial charge on any atom is 0.1000 e. The molecular weight excluding hydrogens is 280 g/mol. The number of aromatic nitrogens is 2. The van der Waals surface area contributed by atoms with Gasteiger partial charge < -0.3 is 0 Å². The standard InChI is InChI=1S/C21H26N2/c1-5-11-16(6-2)23-15-22-19-14-21(7-3,8-4)18-13-10-9-12-17(18)20(19)23/h5-6,9-13,15H,7-8,14H2,1-4H3/b11-5-,16-6+. The van der Waals surface area contributed by atoms with E-state index in [2.05, 4.69) is 74.8 Å². The molecule has 0 atom stereocenters. The minimum atomic E-state index is 0.222. The molecule has 0 N–H and O–H groups in total. The summed E-state index contributed by atoms with van der Waals surface area (Å²) >= 11 is 0. The highest BCUT2D eigenvalue weighted by Crippen LogP contribution is 2.46. The van der Waals surface area contributed by atoms with Crippen LogP contribution < -0.4 is 0 Å². The molecule has 3 rings (SSSR count). The third-order valence-electron chi connectivity index (χ3n) is 5.37. The highest BCUT2D eigenvalue weighted by atomic mass is 15.1. The van der Waals surface area contributed by atoms with Gasteiger partial charge in [-0.2, -0.15) is 0 Å². The predicted octanol–water partition coefficient (Wildman–Crippen LogP) is 5.60. The molecule has 0 spiro atoms. The van der Waals surface area contributed by atoms with Crippen LogP contribution in [0.4, 0.5) is 0 Å². The zero-order valence-electron chi connectivity index (χ0n) is 14.6. The van der Waals surface area contributed by atoms with Crippen molar-refractivity contribution in [2.24, 2.45) is 0 Å². The highest BCUT2D eigenvalue weighted by Gasteiger charge is 2.38. The van der Waals surface area contributed by atoms with Crippen LogP contribution in [0.3, 0.4) is 0 Å². The van der Waals surface area contributed by atoms with Gasteiger partial charge in [-0.15, -0.1) is 0 Å². The summed E-state index contributed by atoms with van der Waals surface area (Å²) in [5.41, 5.74) is 6.73. The first-order valence-corrected chi connectivity index (χ1v) is 8.66. The molecule has 1 heterocycles. The Morgan fingerprint density at radius 2 is 1.96 bits per heavy atom. The van der Waals surface area contributed by atoms with Crippen LogP contribution in [0.1, 0.15) is 51.8 Å². The zero-order chi connectivity index (χ0) is 16.4. The van der Waals surface area contributed by atoms with Crippen LogP contribution >= 0.6 is 0 Å². The maximum atomic E-state index is 4.79. The second kappa shape index (κ2) is 6.19. The molecular formula is C21H26N2. The summed E-state index contributed by atoms with van der Waals surface area (Å²) < 4.78 is 2.24. The van der Waals surface area contributed by atoms with Crippen molar-refractivity contribution in [1.82, 2.24) is 9.55 Å². The molecule has 0 saturated carbocycles. The number of benzene rings is 1. The SMILES string of the molecule is C/C=C\C(=C/C)n1cnc2c1-c1ccccc1C(CC)(CC)C2. The lowest BCUT2D eigenvalue weighted by Crippen LogP contribution is -2.31. The van der Waals surface area contributed by atoms with E-state index in [4.69, 9.17) is 4.98 Å². The van der Waals surface area contributed by atoms with Gasteiger partial charge in [0.2, 0.25) is 0 Å². The molecule has 0 amide bonds. The van der Waals surface area contributed by atoms with Gasteiger partial charge in [0.05, 0.1) is 17.7 Å². The fraction of sp³-hybridized carbons (Fsp3) is 0.381. The molecule has 23 heavy (non-hydrogen) atoms. The maximum absolute atomic E-state index is 4.79. The average molecular weight is 306 g/mol. The largest absolute Gasteiger partial charge is 0.299 e. The normalized spacial score (nSPS) is 16.4. The van der Waals surface area contributed by atoms with Crippen molar-refractivity contribution in [3.05, 3.63) is 60.1 Å². The molecule has 0 fully saturated rings. The minimum absolute atomic E-state index is 0.222. The minimum Gasteiger partial charge on any atom is -0.299 e. The first kappa shape index (κ1) is 15.8. The Morgan fingerprint density at radius 3 is 2.61 bits per heavy atom. The van der Waals surface area contributed by atoms with Crippen molar-refractivity contribution in [1.29, 1.82) is 0 Å². The van der Waals surface area contributed by atoms with E-state index in [0.717, 1.165) is 19.3 Å². The fourth-order valence-corrected chi connectivity index (χ4v) is 3.93. The first-order chi connectivity index (χ1) is 11.2. The Kier molecular flexibility index (Phi) is 4.25. The number of nitrogens with zero attached hydrogens (tertiary/aromatic N) is 2. The van der Waals surface area contributed by atoms with Crippen LogP contribution in [-0.2, 0) is 11.8 Å². The summed E-state index contributed by atoms with van der Waals surface area (Å²) in [7, 11) is 0. The monoisotopic (exact) mass is 306 g/mol. The van der Waals surface area contributed by atoms with Crippen molar-refractivity contribution in [3.8, 4) is 11.3 Å². The molecule has 1 aromatic heterocycles. The Morgan fingerprint density at radius 1 is 1.22 bits per heavy atom. The highest BCUT2D eigenvalue weighted by molar-refractivity contribution is 5.76. The second-order valence-electron chi connectivity index (χ2n) is 6.33. The number of rotatable bonds is 4. The number of hydrogen-bond donors (Lipinski definition) is 0. The molecule has 2 nitrogen and oxygen atoms in total. The molecule has 0 radical (unpaired) electrons. The van der Waals surface area contributed by atoms with E-state index < -0.39 is 0 Å². The quantitative estimate of drug-likeness (QED) is 0.672. The molecule has 1 aromatic carbocycles. The lowest BCUT2D eigenvalue weighted by molar-refractivity contribution is 0.385. The third-order valence-corrected chi connectivity index (χ3v) is 5.37. The second-order valence-corrected chi connectivity index (χ2v) is 6.33. The molecule has 0 saturated heterocycles. The van der Waals surface area contributed by atoms with Crippen molar-refractivity contribution in [3.63, 3.8) is 0 Å².